The Labute approximate surface area is 358 Å². The zero-order chi connectivity index (χ0) is 47.3. The Kier molecular flexibility index (Phi) is 18.1. The normalized spacial score (nSPS) is 12.6. The number of alkyl halides is 3. The van der Waals surface area contributed by atoms with Crippen LogP contribution in [-0.2, 0) is 0 Å². The molecule has 4 rings (SSSR count). The summed E-state index contributed by atoms with van der Waals surface area (Å²) in [6, 6.07) is 3.55. The first-order chi connectivity index (χ1) is 30.3. The first kappa shape index (κ1) is 50.4. The van der Waals surface area contributed by atoms with Gasteiger partial charge in [0.05, 0.1) is 35.5 Å². The molecule has 2 nitrogen and oxygen atoms in total. The van der Waals surface area contributed by atoms with Crippen LogP contribution in [0.2, 0.25) is 0 Å². The van der Waals surface area contributed by atoms with Gasteiger partial charge < -0.3 is 9.47 Å². The Balaban J connectivity index is 1.19. The number of ether oxygens (including phenoxy) is 2. The van der Waals surface area contributed by atoms with E-state index in [1.165, 1.54) is 12.8 Å². The minimum absolute atomic E-state index is 0.0166. The minimum atomic E-state index is -5.10. The van der Waals surface area contributed by atoms with Crippen LogP contribution in [0.4, 0.5) is 65.9 Å². The highest BCUT2D eigenvalue weighted by molar-refractivity contribution is 5.85. The van der Waals surface area contributed by atoms with Crippen LogP contribution in [0.1, 0.15) is 91.7 Å². The molecule has 0 aromatic heterocycles. The van der Waals surface area contributed by atoms with Gasteiger partial charge in [0.15, 0.2) is 23.3 Å². The quantitative estimate of drug-likeness (QED) is 0.0307. The van der Waals surface area contributed by atoms with Gasteiger partial charge in [-0.05, 0) is 62.8 Å². The summed E-state index contributed by atoms with van der Waals surface area (Å²) in [5.74, 6) is -14.9. The van der Waals surface area contributed by atoms with Gasteiger partial charge in [-0.15, -0.1) is 12.5 Å². The summed E-state index contributed by atoms with van der Waals surface area (Å²) in [4.78, 5) is 0. The SMILES string of the molecule is C=CC(CCCCCOc1cc(F)c(/C(F)=C(\F)c2cc(F)c(C#CC)c(F)c2)c(F)c1)CCCCCOc1cc(F)c(/C(F)=C(\F)c2cc(F)c(C#CC(F)(F)F)c(F)c2)c(F)c1. The maximum absolute atomic E-state index is 14.9. The van der Waals surface area contributed by atoms with Crippen molar-refractivity contribution in [1.82, 2.24) is 0 Å². The Morgan fingerprint density at radius 2 is 0.891 bits per heavy atom. The average molecular weight is 917 g/mol. The fraction of sp³-hybridized carbons (Fsp3) is 0.277. The fourth-order valence-electron chi connectivity index (χ4n) is 6.19. The molecule has 0 N–H and O–H groups in total. The molecule has 4 aromatic carbocycles. The van der Waals surface area contributed by atoms with Crippen molar-refractivity contribution < 1.29 is 75.3 Å². The summed E-state index contributed by atoms with van der Waals surface area (Å²) >= 11 is 0. The molecule has 0 aliphatic carbocycles. The summed E-state index contributed by atoms with van der Waals surface area (Å²) in [5.41, 5.74) is -7.09. The van der Waals surface area contributed by atoms with E-state index in [1.54, 1.807) is 6.08 Å². The Morgan fingerprint density at radius 1 is 0.531 bits per heavy atom. The van der Waals surface area contributed by atoms with Gasteiger partial charge in [0.2, 0.25) is 0 Å². The van der Waals surface area contributed by atoms with E-state index in [0.717, 1.165) is 19.3 Å². The van der Waals surface area contributed by atoms with Crippen LogP contribution < -0.4 is 9.47 Å². The second kappa shape index (κ2) is 22.9. The minimum Gasteiger partial charge on any atom is -0.493 e. The molecule has 0 spiro atoms. The van der Waals surface area contributed by atoms with Crippen molar-refractivity contribution in [2.75, 3.05) is 13.2 Å². The van der Waals surface area contributed by atoms with Gasteiger partial charge in [0, 0.05) is 41.3 Å². The van der Waals surface area contributed by atoms with Gasteiger partial charge in [0.1, 0.15) is 58.0 Å². The van der Waals surface area contributed by atoms with Gasteiger partial charge in [-0.2, -0.15) is 13.2 Å². The van der Waals surface area contributed by atoms with E-state index in [-0.39, 0.29) is 42.8 Å². The van der Waals surface area contributed by atoms with Gasteiger partial charge in [0.25, 0.3) is 0 Å². The Morgan fingerprint density at radius 3 is 1.22 bits per heavy atom. The molecule has 17 heteroatoms. The van der Waals surface area contributed by atoms with Gasteiger partial charge in [-0.1, -0.05) is 43.6 Å². The van der Waals surface area contributed by atoms with E-state index >= 15 is 0 Å². The lowest BCUT2D eigenvalue weighted by molar-refractivity contribution is -0.0696. The molecule has 0 fully saturated rings. The molecule has 0 saturated heterocycles. The molecular formula is C47H35F15O2. The van der Waals surface area contributed by atoms with Crippen molar-refractivity contribution in [3.05, 3.63) is 141 Å². The lowest BCUT2D eigenvalue weighted by Gasteiger charge is -2.13. The first-order valence-electron chi connectivity index (χ1n) is 19.2. The molecule has 0 heterocycles. The predicted molar refractivity (Wildman–Crippen MR) is 211 cm³/mol. The smallest absolute Gasteiger partial charge is 0.458 e. The number of hydrogen-bond donors (Lipinski definition) is 0. The van der Waals surface area contributed by atoms with Crippen LogP contribution in [0, 0.1) is 76.1 Å². The van der Waals surface area contributed by atoms with Crippen molar-refractivity contribution >= 4 is 23.3 Å². The van der Waals surface area contributed by atoms with Crippen LogP contribution in [0.5, 0.6) is 11.5 Å². The highest BCUT2D eigenvalue weighted by atomic mass is 19.4. The molecule has 1 unspecified atom stereocenters. The summed E-state index contributed by atoms with van der Waals surface area (Å²) in [6.45, 7) is 5.15. The van der Waals surface area contributed by atoms with Crippen LogP contribution in [0.25, 0.3) is 23.3 Å². The number of halogens is 15. The predicted octanol–water partition coefficient (Wildman–Crippen LogP) is 15.0. The molecule has 0 aliphatic rings. The van der Waals surface area contributed by atoms with Gasteiger partial charge >= 0.3 is 6.18 Å². The molecule has 340 valence electrons. The monoisotopic (exact) mass is 916 g/mol. The van der Waals surface area contributed by atoms with Crippen LogP contribution in [0.15, 0.2) is 61.2 Å². The zero-order valence-electron chi connectivity index (χ0n) is 33.5. The number of benzene rings is 4. The second-order valence-corrected chi connectivity index (χ2v) is 13.9. The molecule has 0 radical (unpaired) electrons. The fourth-order valence-corrected chi connectivity index (χ4v) is 6.19. The summed E-state index contributed by atoms with van der Waals surface area (Å²) in [6.07, 6.45) is 1.72. The molecule has 1 atom stereocenters. The third kappa shape index (κ3) is 13.6. The van der Waals surface area contributed by atoms with E-state index in [1.807, 2.05) is 0 Å². The standard InChI is InChI=1S/C47H35F15O2/c1-3-11-31-33(48)18-27(19-34(31)49)43(56)45(58)41-37(52)22-29(23-38(41)53)63-16-9-5-7-12-26(4-2)13-8-6-10-17-64-30-24-39(54)42(40(55)25-30)46(59)44(57)28-20-35(50)32(36(51)21-28)14-15-47(60,61)62/h4,18-26H,2,5-10,12-13,16-17H2,1H3/b45-43+,46-44+. The summed E-state index contributed by atoms with van der Waals surface area (Å²) in [5, 5.41) is 0. The topological polar surface area (TPSA) is 18.5 Å². The number of hydrogen-bond acceptors (Lipinski definition) is 2. The van der Waals surface area contributed by atoms with Gasteiger partial charge in [-0.25, -0.2) is 52.7 Å². The van der Waals surface area contributed by atoms with E-state index in [9.17, 15) is 65.9 Å². The molecule has 0 aliphatic heterocycles. The van der Waals surface area contributed by atoms with Crippen LogP contribution >= 0.6 is 0 Å². The van der Waals surface area contributed by atoms with E-state index in [4.69, 9.17) is 9.47 Å². The second-order valence-electron chi connectivity index (χ2n) is 13.9. The Bertz CT molecular complexity index is 2440. The maximum Gasteiger partial charge on any atom is 0.458 e. The lowest BCUT2D eigenvalue weighted by Crippen LogP contribution is -2.03. The zero-order valence-corrected chi connectivity index (χ0v) is 33.5. The Hall–Kier alpha value is -6.23. The van der Waals surface area contributed by atoms with E-state index in [2.05, 4.69) is 18.4 Å². The number of rotatable bonds is 19. The number of unbranched alkanes of at least 4 members (excludes halogenated alkanes) is 4. The third-order valence-corrected chi connectivity index (χ3v) is 9.34. The first-order valence-corrected chi connectivity index (χ1v) is 19.2. The highest BCUT2D eigenvalue weighted by Gasteiger charge is 2.26. The third-order valence-electron chi connectivity index (χ3n) is 9.34. The maximum atomic E-state index is 14.9. The summed E-state index contributed by atoms with van der Waals surface area (Å²) in [7, 11) is 0. The van der Waals surface area contributed by atoms with Crippen molar-refractivity contribution in [1.29, 1.82) is 0 Å². The average Bonchev–Trinajstić information content (AvgIpc) is 3.21. The molecule has 0 saturated carbocycles. The molecule has 4 aromatic rings. The molecular weight excluding hydrogens is 881 g/mol. The van der Waals surface area contributed by atoms with Gasteiger partial charge in [-0.3, -0.25) is 0 Å². The highest BCUT2D eigenvalue weighted by Crippen LogP contribution is 2.37. The lowest BCUT2D eigenvalue weighted by atomic mass is 9.95. The van der Waals surface area contributed by atoms with Crippen LogP contribution in [-0.4, -0.2) is 19.4 Å². The van der Waals surface area contributed by atoms with E-state index < -0.39 is 109 Å². The largest absolute Gasteiger partial charge is 0.493 e. The van der Waals surface area contributed by atoms with E-state index in [0.29, 0.717) is 74.4 Å². The van der Waals surface area contributed by atoms with Crippen molar-refractivity contribution in [3.8, 4) is 35.2 Å². The molecule has 0 amide bonds. The van der Waals surface area contributed by atoms with Crippen molar-refractivity contribution in [3.63, 3.8) is 0 Å². The van der Waals surface area contributed by atoms with Crippen molar-refractivity contribution in [2.24, 2.45) is 5.92 Å². The molecule has 64 heavy (non-hydrogen) atoms. The molecule has 0 bridgehead atoms. The van der Waals surface area contributed by atoms with Crippen LogP contribution in [0.3, 0.4) is 0 Å². The number of allylic oxidation sites excluding steroid dienone is 1. The van der Waals surface area contributed by atoms with Crippen molar-refractivity contribution in [2.45, 2.75) is 64.5 Å². The summed E-state index contributed by atoms with van der Waals surface area (Å²) < 4.78 is 222.